The quantitative estimate of drug-likeness (QED) is 0.922. The van der Waals surface area contributed by atoms with Crippen molar-refractivity contribution >= 4 is 27.5 Å². The average Bonchev–Trinajstić information content (AvgIpc) is 2.12. The zero-order valence-electron chi connectivity index (χ0n) is 9.47. The molecule has 0 aliphatic carbocycles. The summed E-state index contributed by atoms with van der Waals surface area (Å²) in [5, 5.41) is 2.45. The summed E-state index contributed by atoms with van der Waals surface area (Å²) in [6, 6.07) is 5.19. The van der Waals surface area contributed by atoms with Gasteiger partial charge in [0.1, 0.15) is 13.2 Å². The number of aryl methyl sites for hydroxylation is 1. The van der Waals surface area contributed by atoms with Gasteiger partial charge >= 0.3 is 6.18 Å². The van der Waals surface area contributed by atoms with Gasteiger partial charge in [-0.3, -0.25) is 4.79 Å². The second-order valence-electron chi connectivity index (χ2n) is 3.67. The fraction of sp³-hybridized carbons (Fsp3) is 0.364. The van der Waals surface area contributed by atoms with Gasteiger partial charge in [-0.15, -0.1) is 0 Å². The normalized spacial score (nSPS) is 11.4. The maximum Gasteiger partial charge on any atom is 0.411 e. The molecule has 1 aromatic carbocycles. The van der Waals surface area contributed by atoms with Crippen LogP contribution in [0, 0.1) is 6.92 Å². The summed E-state index contributed by atoms with van der Waals surface area (Å²) in [4.78, 5) is 11.3. The summed E-state index contributed by atoms with van der Waals surface area (Å²) < 4.78 is 40.3. The van der Waals surface area contributed by atoms with Crippen LogP contribution in [0.3, 0.4) is 0 Å². The van der Waals surface area contributed by atoms with Gasteiger partial charge in [0, 0.05) is 10.2 Å². The molecule has 0 aliphatic rings. The molecule has 0 spiro atoms. The molecular formula is C11H11BrF3NO2. The molecule has 0 aliphatic heterocycles. The van der Waals surface area contributed by atoms with E-state index >= 15 is 0 Å². The molecule has 0 unspecified atom stereocenters. The molecular weight excluding hydrogens is 315 g/mol. The molecule has 0 heterocycles. The minimum atomic E-state index is -4.42. The largest absolute Gasteiger partial charge is 0.411 e. The van der Waals surface area contributed by atoms with Crippen LogP contribution in [0.5, 0.6) is 0 Å². The zero-order valence-corrected chi connectivity index (χ0v) is 11.1. The number of alkyl halides is 3. The highest BCUT2D eigenvalue weighted by molar-refractivity contribution is 9.10. The summed E-state index contributed by atoms with van der Waals surface area (Å²) in [6.07, 6.45) is -4.42. The Morgan fingerprint density at radius 3 is 2.61 bits per heavy atom. The minimum Gasteiger partial charge on any atom is -0.362 e. The second kappa shape index (κ2) is 6.19. The van der Waals surface area contributed by atoms with Crippen LogP contribution in [0.2, 0.25) is 0 Å². The molecule has 18 heavy (non-hydrogen) atoms. The van der Waals surface area contributed by atoms with Crippen LogP contribution in [-0.4, -0.2) is 25.3 Å². The number of rotatable bonds is 4. The number of hydrogen-bond acceptors (Lipinski definition) is 2. The molecule has 0 radical (unpaired) electrons. The monoisotopic (exact) mass is 325 g/mol. The van der Waals surface area contributed by atoms with Crippen molar-refractivity contribution in [3.63, 3.8) is 0 Å². The van der Waals surface area contributed by atoms with Crippen LogP contribution in [-0.2, 0) is 9.53 Å². The van der Waals surface area contributed by atoms with Crippen LogP contribution in [0.1, 0.15) is 5.56 Å². The standard InChI is InChI=1S/C11H11BrF3NO2/c1-7-2-8(12)4-9(3-7)16-10(17)5-18-6-11(13,14)15/h2-4H,5-6H2,1H3,(H,16,17). The molecule has 0 aromatic heterocycles. The number of carbonyl (C=O) groups is 1. The SMILES string of the molecule is Cc1cc(Br)cc(NC(=O)COCC(F)(F)F)c1. The van der Waals surface area contributed by atoms with Crippen LogP contribution in [0.15, 0.2) is 22.7 Å². The fourth-order valence-corrected chi connectivity index (χ4v) is 1.87. The third-order valence-electron chi connectivity index (χ3n) is 1.82. The van der Waals surface area contributed by atoms with Crippen molar-refractivity contribution in [1.82, 2.24) is 0 Å². The molecule has 1 amide bonds. The average molecular weight is 326 g/mol. The number of hydrogen-bond donors (Lipinski definition) is 1. The molecule has 7 heteroatoms. The Hall–Kier alpha value is -1.08. The Labute approximate surface area is 110 Å². The van der Waals surface area contributed by atoms with E-state index in [4.69, 9.17) is 0 Å². The first-order valence-corrected chi connectivity index (χ1v) is 5.77. The predicted molar refractivity (Wildman–Crippen MR) is 64.4 cm³/mol. The van der Waals surface area contributed by atoms with E-state index in [0.717, 1.165) is 10.0 Å². The van der Waals surface area contributed by atoms with Gasteiger partial charge in [-0.1, -0.05) is 15.9 Å². The van der Waals surface area contributed by atoms with Crippen LogP contribution in [0.25, 0.3) is 0 Å². The predicted octanol–water partition coefficient (Wildman–Crippen LogP) is 3.27. The lowest BCUT2D eigenvalue weighted by Crippen LogP contribution is -2.24. The molecule has 1 rings (SSSR count). The van der Waals surface area contributed by atoms with Gasteiger partial charge in [-0.2, -0.15) is 13.2 Å². The third kappa shape index (κ3) is 6.02. The van der Waals surface area contributed by atoms with Gasteiger partial charge in [0.2, 0.25) is 5.91 Å². The lowest BCUT2D eigenvalue weighted by atomic mass is 10.2. The van der Waals surface area contributed by atoms with Crippen LogP contribution < -0.4 is 5.32 Å². The van der Waals surface area contributed by atoms with Crippen LogP contribution >= 0.6 is 15.9 Å². The Morgan fingerprint density at radius 2 is 2.06 bits per heavy atom. The minimum absolute atomic E-state index is 0.502. The number of benzene rings is 1. The topological polar surface area (TPSA) is 38.3 Å². The molecule has 1 aromatic rings. The van der Waals surface area contributed by atoms with Gasteiger partial charge in [0.25, 0.3) is 0 Å². The van der Waals surface area contributed by atoms with E-state index in [1.54, 1.807) is 12.1 Å². The Kier molecular flexibility index (Phi) is 5.15. The fourth-order valence-electron chi connectivity index (χ4n) is 1.27. The number of nitrogens with one attached hydrogen (secondary N) is 1. The van der Waals surface area contributed by atoms with Gasteiger partial charge in [0.15, 0.2) is 0 Å². The van der Waals surface area contributed by atoms with Crippen molar-refractivity contribution < 1.29 is 22.7 Å². The smallest absolute Gasteiger partial charge is 0.362 e. The van der Waals surface area contributed by atoms with E-state index in [9.17, 15) is 18.0 Å². The van der Waals surface area contributed by atoms with Crippen molar-refractivity contribution in [2.45, 2.75) is 13.1 Å². The Bertz CT molecular complexity index is 415. The first kappa shape index (κ1) is 15.0. The van der Waals surface area contributed by atoms with E-state index in [0.29, 0.717) is 5.69 Å². The van der Waals surface area contributed by atoms with Gasteiger partial charge < -0.3 is 10.1 Å². The van der Waals surface area contributed by atoms with E-state index in [1.807, 2.05) is 13.0 Å². The summed E-state index contributed by atoms with van der Waals surface area (Å²) >= 11 is 3.25. The van der Waals surface area contributed by atoms with Crippen molar-refractivity contribution in [3.05, 3.63) is 28.2 Å². The highest BCUT2D eigenvalue weighted by Crippen LogP contribution is 2.19. The van der Waals surface area contributed by atoms with E-state index in [-0.39, 0.29) is 0 Å². The number of amides is 1. The zero-order chi connectivity index (χ0) is 13.8. The van der Waals surface area contributed by atoms with Crippen molar-refractivity contribution in [2.24, 2.45) is 0 Å². The van der Waals surface area contributed by atoms with Gasteiger partial charge in [-0.05, 0) is 30.7 Å². The number of carbonyl (C=O) groups excluding carboxylic acids is 1. The maximum absolute atomic E-state index is 11.8. The first-order chi connectivity index (χ1) is 8.26. The molecule has 0 atom stereocenters. The maximum atomic E-state index is 11.8. The van der Waals surface area contributed by atoms with E-state index in [2.05, 4.69) is 26.0 Å². The summed E-state index contributed by atoms with van der Waals surface area (Å²) in [7, 11) is 0. The number of ether oxygens (including phenoxy) is 1. The van der Waals surface area contributed by atoms with Crippen molar-refractivity contribution in [3.8, 4) is 0 Å². The van der Waals surface area contributed by atoms with Gasteiger partial charge in [-0.25, -0.2) is 0 Å². The number of anilines is 1. The van der Waals surface area contributed by atoms with Crippen LogP contribution in [0.4, 0.5) is 18.9 Å². The molecule has 100 valence electrons. The highest BCUT2D eigenvalue weighted by Gasteiger charge is 2.27. The second-order valence-corrected chi connectivity index (χ2v) is 4.59. The molecule has 0 fully saturated rings. The lowest BCUT2D eigenvalue weighted by Gasteiger charge is -2.09. The summed E-state index contributed by atoms with van der Waals surface area (Å²) in [5.74, 6) is -0.628. The molecule has 1 N–H and O–H groups in total. The van der Waals surface area contributed by atoms with Crippen molar-refractivity contribution in [2.75, 3.05) is 18.5 Å². The highest BCUT2D eigenvalue weighted by atomic mass is 79.9. The van der Waals surface area contributed by atoms with E-state index in [1.165, 1.54) is 0 Å². The van der Waals surface area contributed by atoms with Crippen molar-refractivity contribution in [1.29, 1.82) is 0 Å². The number of halogens is 4. The third-order valence-corrected chi connectivity index (χ3v) is 2.28. The Balaban J connectivity index is 2.45. The summed E-state index contributed by atoms with van der Waals surface area (Å²) in [5.41, 5.74) is 1.42. The molecule has 3 nitrogen and oxygen atoms in total. The first-order valence-electron chi connectivity index (χ1n) is 4.98. The molecule has 0 saturated heterocycles. The Morgan fingerprint density at radius 1 is 1.39 bits per heavy atom. The lowest BCUT2D eigenvalue weighted by molar-refractivity contribution is -0.174. The van der Waals surface area contributed by atoms with Gasteiger partial charge in [0.05, 0.1) is 0 Å². The molecule has 0 saturated carbocycles. The molecule has 0 bridgehead atoms. The van der Waals surface area contributed by atoms with E-state index < -0.39 is 25.3 Å². The summed E-state index contributed by atoms with van der Waals surface area (Å²) in [6.45, 7) is -0.233.